The maximum Gasteiger partial charge on any atom is 0.407 e. The number of carbonyl (C=O) groups excluding carboxylic acids is 3. The normalized spacial score (nSPS) is 17.1. The van der Waals surface area contributed by atoms with Crippen molar-refractivity contribution in [2.75, 3.05) is 20.2 Å². The molecule has 4 aromatic heterocycles. The van der Waals surface area contributed by atoms with E-state index in [0.717, 1.165) is 42.4 Å². The van der Waals surface area contributed by atoms with Crippen molar-refractivity contribution in [3.8, 4) is 32.3 Å². The van der Waals surface area contributed by atoms with Crippen molar-refractivity contribution in [3.63, 3.8) is 0 Å². The average Bonchev–Trinajstić information content (AvgIpc) is 4.16. The van der Waals surface area contributed by atoms with Gasteiger partial charge in [0.25, 0.3) is 17.4 Å². The fourth-order valence-corrected chi connectivity index (χ4v) is 10.8. The highest BCUT2D eigenvalue weighted by Gasteiger charge is 2.38. The zero-order valence-corrected chi connectivity index (χ0v) is 35.6. The molecule has 2 aliphatic heterocycles. The number of carboxylic acid groups (broad SMARTS) is 1. The van der Waals surface area contributed by atoms with Gasteiger partial charge in [-0.25, -0.2) is 19.6 Å². The number of hydrogen-bond acceptors (Lipinski definition) is 10. The molecule has 2 saturated heterocycles. The van der Waals surface area contributed by atoms with Crippen molar-refractivity contribution in [3.05, 3.63) is 142 Å². The molecular formula is C46H42N8O7S2. The Morgan fingerprint density at radius 1 is 0.730 bits per heavy atom. The summed E-state index contributed by atoms with van der Waals surface area (Å²) in [7, 11) is 1.25. The second-order valence-corrected chi connectivity index (χ2v) is 17.5. The fourth-order valence-electron chi connectivity index (χ4n) is 8.46. The van der Waals surface area contributed by atoms with Crippen molar-refractivity contribution in [2.45, 2.75) is 49.9 Å². The number of carbonyl (C=O) groups is 4. The Kier molecular flexibility index (Phi) is 11.6. The van der Waals surface area contributed by atoms with Gasteiger partial charge < -0.3 is 40.2 Å². The number of fused-ring (bicyclic) bond motifs is 1. The number of ether oxygens (including phenoxy) is 1. The molecule has 15 nitrogen and oxygen atoms in total. The zero-order chi connectivity index (χ0) is 43.6. The van der Waals surface area contributed by atoms with E-state index in [9.17, 15) is 29.1 Å². The lowest BCUT2D eigenvalue weighted by Gasteiger charge is -2.29. The van der Waals surface area contributed by atoms with Gasteiger partial charge in [-0.05, 0) is 60.1 Å². The molecule has 2 aliphatic rings. The van der Waals surface area contributed by atoms with E-state index in [1.54, 1.807) is 87.2 Å². The van der Waals surface area contributed by atoms with Crippen LogP contribution in [0.4, 0.5) is 9.59 Å². The van der Waals surface area contributed by atoms with Crippen LogP contribution < -0.4 is 16.2 Å². The van der Waals surface area contributed by atoms with Gasteiger partial charge in [-0.1, -0.05) is 84.9 Å². The van der Waals surface area contributed by atoms with Crippen LogP contribution in [0.5, 0.6) is 0 Å². The zero-order valence-electron chi connectivity index (χ0n) is 33.9. The highest BCUT2D eigenvalue weighted by Crippen LogP contribution is 2.42. The minimum atomic E-state index is -1.27. The summed E-state index contributed by atoms with van der Waals surface area (Å²) in [4.78, 5) is 85.9. The number of aromatic nitrogens is 4. The Bertz CT molecular complexity index is 2830. The van der Waals surface area contributed by atoms with Crippen molar-refractivity contribution in [1.29, 1.82) is 0 Å². The third-order valence-corrected chi connectivity index (χ3v) is 13.8. The van der Waals surface area contributed by atoms with Crippen LogP contribution in [-0.2, 0) is 14.3 Å². The maximum absolute atomic E-state index is 14.0. The molecule has 0 unspecified atom stereocenters. The van der Waals surface area contributed by atoms with E-state index in [1.807, 2.05) is 30.3 Å². The number of alkyl carbamates (subject to hydrolysis) is 1. The molecule has 3 aromatic carbocycles. The van der Waals surface area contributed by atoms with Gasteiger partial charge in [0.1, 0.15) is 23.7 Å². The number of amides is 4. The Balaban J connectivity index is 0.897. The average molecular weight is 883 g/mol. The number of nitrogens with zero attached hydrogens (tertiary/aromatic N) is 4. The lowest BCUT2D eigenvalue weighted by atomic mass is 10.0. The molecule has 0 saturated carbocycles. The second-order valence-electron chi connectivity index (χ2n) is 15.4. The van der Waals surface area contributed by atoms with Gasteiger partial charge in [0.05, 0.1) is 41.7 Å². The van der Waals surface area contributed by atoms with Crippen LogP contribution in [0.3, 0.4) is 0 Å². The molecule has 0 spiro atoms. The standard InChI is InChI=1S/C46H42N8O7S2/c1-61-46(60)52-40(29-12-6-3-7-13-29)44(57)54-21-9-15-33(54)42-48-30(22-38(55)50-42)35-24-37-36(63-35)23-34(62-37)27-18-16-26(17-19-27)31-25-47-41(49-31)32-14-8-20-53(32)43(56)39(51-45(58)59)28-10-4-2-5-11-28/h2-7,10-13,16-19,22-25,32-33,39-40,51H,8-9,14-15,20-21H2,1H3,(H,47,49)(H,52,60)(H,58,59)(H,48,50,55)/t32-,33-,39+,40+/m0/s1. The number of imidazole rings is 1. The van der Waals surface area contributed by atoms with E-state index in [1.165, 1.54) is 13.2 Å². The lowest BCUT2D eigenvalue weighted by molar-refractivity contribution is -0.135. The van der Waals surface area contributed by atoms with E-state index in [-0.39, 0.29) is 23.4 Å². The minimum absolute atomic E-state index is 0.316. The summed E-state index contributed by atoms with van der Waals surface area (Å²) in [5.41, 5.74) is 4.17. The fraction of sp³-hybridized carbons (Fsp3) is 0.239. The topological polar surface area (TPSA) is 203 Å². The third-order valence-electron chi connectivity index (χ3n) is 11.5. The largest absolute Gasteiger partial charge is 0.465 e. The second kappa shape index (κ2) is 17.7. The number of likely N-dealkylation sites (tertiary alicyclic amines) is 2. The SMILES string of the molecule is COC(=O)N[C@@H](C(=O)N1CCC[C@H]1c1nc(-c2cc3sc(-c4ccc(-c5cnc([C@@H]6CCCN6C(=O)[C@H](NC(=O)O)c6ccccc6)[nH]5)cc4)cc3s2)cc(=O)[nH]1)c1ccccc1. The first-order valence-electron chi connectivity index (χ1n) is 20.5. The highest BCUT2D eigenvalue weighted by atomic mass is 32.1. The first kappa shape index (κ1) is 41.3. The smallest absolute Gasteiger partial charge is 0.407 e. The van der Waals surface area contributed by atoms with Crippen LogP contribution in [0.15, 0.2) is 114 Å². The Labute approximate surface area is 368 Å². The molecule has 0 radical (unpaired) electrons. The molecule has 9 rings (SSSR count). The van der Waals surface area contributed by atoms with Crippen molar-refractivity contribution in [1.82, 2.24) is 40.4 Å². The molecule has 4 amide bonds. The molecule has 320 valence electrons. The van der Waals surface area contributed by atoms with Gasteiger partial charge >= 0.3 is 12.2 Å². The number of benzene rings is 3. The number of H-pyrrole nitrogens is 2. The van der Waals surface area contributed by atoms with E-state index < -0.39 is 30.3 Å². The summed E-state index contributed by atoms with van der Waals surface area (Å²) in [6.45, 7) is 0.939. The minimum Gasteiger partial charge on any atom is -0.465 e. The Morgan fingerprint density at radius 2 is 1.29 bits per heavy atom. The quantitative estimate of drug-likeness (QED) is 0.0849. The monoisotopic (exact) mass is 882 g/mol. The summed E-state index contributed by atoms with van der Waals surface area (Å²) in [6, 6.07) is 28.9. The van der Waals surface area contributed by atoms with Crippen LogP contribution in [-0.4, -0.2) is 79.0 Å². The third kappa shape index (κ3) is 8.57. The molecule has 6 heterocycles. The Hall–Kier alpha value is -7.11. The summed E-state index contributed by atoms with van der Waals surface area (Å²) in [5.74, 6) is 0.416. The first-order chi connectivity index (χ1) is 30.6. The summed E-state index contributed by atoms with van der Waals surface area (Å²) < 4.78 is 6.93. The van der Waals surface area contributed by atoms with E-state index >= 15 is 0 Å². The van der Waals surface area contributed by atoms with Gasteiger partial charge in [-0.15, -0.1) is 22.7 Å². The van der Waals surface area contributed by atoms with Crippen molar-refractivity contribution >= 4 is 56.1 Å². The number of nitrogens with one attached hydrogen (secondary N) is 4. The van der Waals surface area contributed by atoms with E-state index in [2.05, 4.69) is 43.8 Å². The maximum atomic E-state index is 14.0. The van der Waals surface area contributed by atoms with Gasteiger partial charge in [0.15, 0.2) is 0 Å². The van der Waals surface area contributed by atoms with Gasteiger partial charge in [0.2, 0.25) is 0 Å². The summed E-state index contributed by atoms with van der Waals surface area (Å²) in [5, 5.41) is 14.6. The molecule has 2 fully saturated rings. The predicted molar refractivity (Wildman–Crippen MR) is 239 cm³/mol. The molecule has 4 atom stereocenters. The van der Waals surface area contributed by atoms with Crippen LogP contribution in [0.1, 0.15) is 72.6 Å². The van der Waals surface area contributed by atoms with Crippen molar-refractivity contribution in [2.24, 2.45) is 0 Å². The molecule has 63 heavy (non-hydrogen) atoms. The Morgan fingerprint density at radius 3 is 1.89 bits per heavy atom. The lowest BCUT2D eigenvalue weighted by Crippen LogP contribution is -2.43. The summed E-state index contributed by atoms with van der Waals surface area (Å²) in [6.07, 6.45) is 2.55. The number of aromatic amines is 2. The number of thiophene rings is 2. The molecule has 0 bridgehead atoms. The molecular weight excluding hydrogens is 841 g/mol. The van der Waals surface area contributed by atoms with Crippen LogP contribution >= 0.6 is 22.7 Å². The van der Waals surface area contributed by atoms with E-state index in [0.29, 0.717) is 60.8 Å². The molecule has 5 N–H and O–H groups in total. The molecule has 17 heteroatoms. The molecule has 0 aliphatic carbocycles. The van der Waals surface area contributed by atoms with Gasteiger partial charge in [-0.3, -0.25) is 14.4 Å². The van der Waals surface area contributed by atoms with Crippen molar-refractivity contribution < 1.29 is 29.0 Å². The van der Waals surface area contributed by atoms with Crippen LogP contribution in [0.2, 0.25) is 0 Å². The van der Waals surface area contributed by atoms with Crippen LogP contribution in [0, 0.1) is 0 Å². The van der Waals surface area contributed by atoms with Gasteiger partial charge in [0, 0.05) is 33.4 Å². The van der Waals surface area contributed by atoms with Gasteiger partial charge in [-0.2, -0.15) is 0 Å². The number of rotatable bonds is 11. The summed E-state index contributed by atoms with van der Waals surface area (Å²) >= 11 is 3.18. The highest BCUT2D eigenvalue weighted by molar-refractivity contribution is 7.31. The first-order valence-corrected chi connectivity index (χ1v) is 22.1. The molecule has 7 aromatic rings. The number of hydrogen-bond donors (Lipinski definition) is 5. The van der Waals surface area contributed by atoms with E-state index in [4.69, 9.17) is 9.72 Å². The predicted octanol–water partition coefficient (Wildman–Crippen LogP) is 8.20. The number of methoxy groups -OCH3 is 1. The van der Waals surface area contributed by atoms with Crippen LogP contribution in [0.25, 0.3) is 41.7 Å².